The average Bonchev–Trinajstić information content (AvgIpc) is 3.56. The van der Waals surface area contributed by atoms with Gasteiger partial charge in [0, 0.05) is 40.4 Å². The molecule has 7 aromatic rings. The van der Waals surface area contributed by atoms with Gasteiger partial charge in [0.25, 0.3) is 0 Å². The zero-order chi connectivity index (χ0) is 33.7. The molecule has 0 fully saturated rings. The number of pyridine rings is 1. The van der Waals surface area contributed by atoms with Crippen LogP contribution in [0.15, 0.2) is 103 Å². The highest BCUT2D eigenvalue weighted by Gasteiger charge is 2.21. The molecule has 1 unspecified atom stereocenters. The number of hydrogen-bond acceptors (Lipinski definition) is 3. The van der Waals surface area contributed by atoms with Gasteiger partial charge in [0.15, 0.2) is 0 Å². The fraction of sp³-hybridized carbons (Fsp3) is 0.256. The van der Waals surface area contributed by atoms with Crippen LogP contribution in [0.4, 0.5) is 0 Å². The van der Waals surface area contributed by atoms with Gasteiger partial charge in [-0.15, -0.1) is 0 Å². The van der Waals surface area contributed by atoms with Gasteiger partial charge in [0.05, 0.1) is 22.4 Å². The number of ether oxygens (including phenoxy) is 1. The lowest BCUT2D eigenvalue weighted by atomic mass is 9.86. The van der Waals surface area contributed by atoms with Crippen molar-refractivity contribution in [2.24, 2.45) is 0 Å². The van der Waals surface area contributed by atoms with E-state index in [-0.39, 0.29) is 5.41 Å². The number of nitrogens with zero attached hydrogens (tertiary/aromatic N) is 4. The molecule has 5 nitrogen and oxygen atoms in total. The van der Waals surface area contributed by atoms with Crippen molar-refractivity contribution in [1.82, 2.24) is 19.3 Å². The van der Waals surface area contributed by atoms with Crippen molar-refractivity contribution >= 4 is 21.8 Å². The molecule has 7 rings (SSSR count). The Morgan fingerprint density at radius 3 is 2.29 bits per heavy atom. The van der Waals surface area contributed by atoms with E-state index in [2.05, 4.69) is 150 Å². The second kappa shape index (κ2) is 12.1. The van der Waals surface area contributed by atoms with Gasteiger partial charge in [-0.2, -0.15) is 5.10 Å². The predicted molar refractivity (Wildman–Crippen MR) is 199 cm³/mol. The van der Waals surface area contributed by atoms with Crippen molar-refractivity contribution < 1.29 is 4.74 Å². The largest absolute Gasteiger partial charge is 0.457 e. The van der Waals surface area contributed by atoms with Gasteiger partial charge in [0.2, 0.25) is 0 Å². The molecular weight excluding hydrogens is 589 g/mol. The molecule has 5 heteroatoms. The van der Waals surface area contributed by atoms with Crippen molar-refractivity contribution in [3.05, 3.63) is 131 Å². The van der Waals surface area contributed by atoms with Crippen LogP contribution in [0, 0.1) is 20.8 Å². The number of hydrogen-bond donors (Lipinski definition) is 0. The van der Waals surface area contributed by atoms with Crippen LogP contribution < -0.4 is 4.74 Å². The third-order valence-corrected chi connectivity index (χ3v) is 9.66. The van der Waals surface area contributed by atoms with Gasteiger partial charge in [-0.1, -0.05) is 71.0 Å². The molecule has 48 heavy (non-hydrogen) atoms. The Bertz CT molecular complexity index is 2280. The normalized spacial score (nSPS) is 12.6. The number of aromatic nitrogens is 4. The maximum Gasteiger partial charge on any atom is 0.137 e. The standard InChI is InChI=1S/C43H44N4O/c1-9-28(3)32-15-18-39-38(22-32)37-17-16-35(26-40(37)46(39)41-21-27(2)19-20-44-41)48-36-24-33(43(6,7)8)23-34(25-36)47-30(5)42(29(4)45-47)31-13-11-10-12-14-31/h10-26,28H,9H2,1-8H3. The molecule has 0 aliphatic heterocycles. The first kappa shape index (κ1) is 31.4. The summed E-state index contributed by atoms with van der Waals surface area (Å²) in [5, 5.41) is 7.44. The van der Waals surface area contributed by atoms with Gasteiger partial charge >= 0.3 is 0 Å². The molecule has 3 heterocycles. The fourth-order valence-electron chi connectivity index (χ4n) is 6.76. The van der Waals surface area contributed by atoms with Crippen LogP contribution in [-0.4, -0.2) is 19.3 Å². The molecule has 0 amide bonds. The van der Waals surface area contributed by atoms with Crippen LogP contribution in [0.5, 0.6) is 11.5 Å². The smallest absolute Gasteiger partial charge is 0.137 e. The Morgan fingerprint density at radius 2 is 1.56 bits per heavy atom. The van der Waals surface area contributed by atoms with E-state index >= 15 is 0 Å². The lowest BCUT2D eigenvalue weighted by Gasteiger charge is -2.22. The van der Waals surface area contributed by atoms with E-state index < -0.39 is 0 Å². The van der Waals surface area contributed by atoms with Crippen LogP contribution in [0.25, 0.3) is 44.4 Å². The first-order valence-corrected chi connectivity index (χ1v) is 17.0. The molecule has 3 aromatic heterocycles. The third kappa shape index (κ3) is 5.68. The summed E-state index contributed by atoms with van der Waals surface area (Å²) < 4.78 is 11.1. The highest BCUT2D eigenvalue weighted by Crippen LogP contribution is 2.38. The second-order valence-electron chi connectivity index (χ2n) is 14.2. The van der Waals surface area contributed by atoms with E-state index in [1.54, 1.807) is 0 Å². The van der Waals surface area contributed by atoms with Gasteiger partial charge in [-0.05, 0) is 109 Å². The number of rotatable bonds is 7. The molecular formula is C43H44N4O. The Kier molecular flexibility index (Phi) is 7.95. The molecule has 0 aliphatic carbocycles. The molecule has 4 aromatic carbocycles. The highest BCUT2D eigenvalue weighted by atomic mass is 16.5. The van der Waals surface area contributed by atoms with E-state index in [0.717, 1.165) is 51.8 Å². The molecule has 0 saturated heterocycles. The summed E-state index contributed by atoms with van der Waals surface area (Å²) in [6.45, 7) is 17.6. The molecule has 0 bridgehead atoms. The van der Waals surface area contributed by atoms with E-state index in [4.69, 9.17) is 14.8 Å². The lowest BCUT2D eigenvalue weighted by molar-refractivity contribution is 0.478. The highest BCUT2D eigenvalue weighted by molar-refractivity contribution is 6.09. The van der Waals surface area contributed by atoms with Crippen LogP contribution >= 0.6 is 0 Å². The van der Waals surface area contributed by atoms with Crippen LogP contribution in [0.2, 0.25) is 0 Å². The zero-order valence-corrected chi connectivity index (χ0v) is 29.3. The third-order valence-electron chi connectivity index (χ3n) is 9.66. The second-order valence-corrected chi connectivity index (χ2v) is 14.2. The monoisotopic (exact) mass is 632 g/mol. The molecule has 0 aliphatic rings. The van der Waals surface area contributed by atoms with Crippen molar-refractivity contribution in [2.75, 3.05) is 0 Å². The lowest BCUT2D eigenvalue weighted by Crippen LogP contribution is -2.12. The Morgan fingerprint density at radius 1 is 0.771 bits per heavy atom. The maximum absolute atomic E-state index is 6.76. The first-order valence-electron chi connectivity index (χ1n) is 17.0. The van der Waals surface area contributed by atoms with Gasteiger partial charge in [-0.3, -0.25) is 4.57 Å². The minimum Gasteiger partial charge on any atom is -0.457 e. The van der Waals surface area contributed by atoms with Crippen LogP contribution in [-0.2, 0) is 5.41 Å². The van der Waals surface area contributed by atoms with Gasteiger partial charge in [-0.25, -0.2) is 9.67 Å². The Labute approximate surface area is 283 Å². The van der Waals surface area contributed by atoms with E-state index in [1.807, 2.05) is 18.3 Å². The Hall–Kier alpha value is -5.16. The predicted octanol–water partition coefficient (Wildman–Crippen LogP) is 11.6. The first-order chi connectivity index (χ1) is 23.0. The van der Waals surface area contributed by atoms with Crippen molar-refractivity contribution in [3.8, 4) is 34.1 Å². The summed E-state index contributed by atoms with van der Waals surface area (Å²) in [5.74, 6) is 2.94. The quantitative estimate of drug-likeness (QED) is 0.176. The molecule has 0 saturated carbocycles. The number of benzene rings is 4. The van der Waals surface area contributed by atoms with Crippen molar-refractivity contribution in [1.29, 1.82) is 0 Å². The summed E-state index contributed by atoms with van der Waals surface area (Å²) >= 11 is 0. The topological polar surface area (TPSA) is 44.9 Å². The summed E-state index contributed by atoms with van der Waals surface area (Å²) in [6, 6.07) is 34.5. The van der Waals surface area contributed by atoms with E-state index in [9.17, 15) is 0 Å². The van der Waals surface area contributed by atoms with Gasteiger partial charge < -0.3 is 4.74 Å². The van der Waals surface area contributed by atoms with Crippen molar-refractivity contribution in [3.63, 3.8) is 0 Å². The maximum atomic E-state index is 6.76. The van der Waals surface area contributed by atoms with Crippen molar-refractivity contribution in [2.45, 2.75) is 73.1 Å². The van der Waals surface area contributed by atoms with Crippen LogP contribution in [0.3, 0.4) is 0 Å². The van der Waals surface area contributed by atoms with E-state index in [0.29, 0.717) is 5.92 Å². The van der Waals surface area contributed by atoms with E-state index in [1.165, 1.54) is 38.6 Å². The number of aryl methyl sites for hydroxylation is 2. The molecule has 1 atom stereocenters. The minimum absolute atomic E-state index is 0.0902. The molecule has 0 spiro atoms. The summed E-state index contributed by atoms with van der Waals surface area (Å²) in [6.07, 6.45) is 2.99. The van der Waals surface area contributed by atoms with Crippen LogP contribution in [0.1, 0.15) is 75.0 Å². The molecule has 0 N–H and O–H groups in total. The average molecular weight is 633 g/mol. The minimum atomic E-state index is -0.0902. The number of fused-ring (bicyclic) bond motifs is 3. The molecule has 242 valence electrons. The fourth-order valence-corrected chi connectivity index (χ4v) is 6.76. The SMILES string of the molecule is CCC(C)c1ccc2c(c1)c1ccc(Oc3cc(-n4nc(C)c(-c5ccccc5)c4C)cc(C(C)(C)C)c3)cc1n2-c1cc(C)ccn1. The summed E-state index contributed by atoms with van der Waals surface area (Å²) in [4.78, 5) is 4.81. The molecule has 0 radical (unpaired) electrons. The summed E-state index contributed by atoms with van der Waals surface area (Å²) in [7, 11) is 0. The summed E-state index contributed by atoms with van der Waals surface area (Å²) in [5.41, 5.74) is 11.3. The zero-order valence-electron chi connectivity index (χ0n) is 29.3. The van der Waals surface area contributed by atoms with Gasteiger partial charge in [0.1, 0.15) is 17.3 Å². The Balaban J connectivity index is 1.36.